The average molecular weight is 310 g/mol. The molecule has 4 nitrogen and oxygen atoms in total. The van der Waals surface area contributed by atoms with Crippen LogP contribution in [0.3, 0.4) is 0 Å². The molecule has 0 radical (unpaired) electrons. The second kappa shape index (κ2) is 6.87. The van der Waals surface area contributed by atoms with Crippen LogP contribution in [0.1, 0.15) is 6.42 Å². The molecule has 1 aromatic heterocycles. The summed E-state index contributed by atoms with van der Waals surface area (Å²) in [5.41, 5.74) is 1.49. The van der Waals surface area contributed by atoms with Crippen LogP contribution in [0.25, 0.3) is 10.9 Å². The van der Waals surface area contributed by atoms with Crippen LogP contribution in [0.2, 0.25) is 0 Å². The van der Waals surface area contributed by atoms with E-state index in [9.17, 15) is 9.18 Å². The fourth-order valence-corrected chi connectivity index (χ4v) is 2.18. The van der Waals surface area contributed by atoms with Crippen LogP contribution in [-0.4, -0.2) is 17.5 Å². The molecule has 0 saturated heterocycles. The lowest BCUT2D eigenvalue weighted by molar-refractivity contribution is -0.116. The van der Waals surface area contributed by atoms with Crippen LogP contribution >= 0.6 is 0 Å². The molecular formula is C18H15FN2O2. The lowest BCUT2D eigenvalue weighted by Gasteiger charge is -2.08. The van der Waals surface area contributed by atoms with Crippen molar-refractivity contribution < 1.29 is 13.9 Å². The highest BCUT2D eigenvalue weighted by molar-refractivity contribution is 5.93. The largest absolute Gasteiger partial charge is 0.490 e. The molecule has 0 aliphatic rings. The van der Waals surface area contributed by atoms with Gasteiger partial charge < -0.3 is 10.1 Å². The summed E-state index contributed by atoms with van der Waals surface area (Å²) in [5.74, 6) is -0.502. The fourth-order valence-electron chi connectivity index (χ4n) is 2.18. The van der Waals surface area contributed by atoms with Gasteiger partial charge in [0.15, 0.2) is 11.6 Å². The highest BCUT2D eigenvalue weighted by atomic mass is 19.1. The highest BCUT2D eigenvalue weighted by Gasteiger charge is 2.06. The molecule has 1 heterocycles. The minimum atomic E-state index is -0.438. The maximum Gasteiger partial charge on any atom is 0.227 e. The standard InChI is InChI=1S/C18H15FN2O2/c19-15-6-2-4-8-17(15)23-10-9-18(22)21-14-11-13-5-1-3-7-16(13)20-12-14/h1-8,11-12H,9-10H2,(H,21,22). The first kappa shape index (κ1) is 15.0. The quantitative estimate of drug-likeness (QED) is 0.780. The second-order valence-electron chi connectivity index (χ2n) is 4.99. The number of rotatable bonds is 5. The number of aromatic nitrogens is 1. The summed E-state index contributed by atoms with van der Waals surface area (Å²) < 4.78 is 18.6. The Balaban J connectivity index is 1.55. The molecular weight excluding hydrogens is 295 g/mol. The second-order valence-corrected chi connectivity index (χ2v) is 4.99. The molecule has 116 valence electrons. The maximum absolute atomic E-state index is 13.4. The van der Waals surface area contributed by atoms with Gasteiger partial charge in [0.05, 0.1) is 30.4 Å². The molecule has 3 aromatic rings. The van der Waals surface area contributed by atoms with E-state index in [1.165, 1.54) is 12.1 Å². The smallest absolute Gasteiger partial charge is 0.227 e. The summed E-state index contributed by atoms with van der Waals surface area (Å²) in [7, 11) is 0. The molecule has 0 bridgehead atoms. The van der Waals surface area contributed by atoms with Gasteiger partial charge in [0.2, 0.25) is 5.91 Å². The summed E-state index contributed by atoms with van der Waals surface area (Å²) in [6.45, 7) is 0.105. The van der Waals surface area contributed by atoms with Gasteiger partial charge in [0, 0.05) is 5.39 Å². The summed E-state index contributed by atoms with van der Waals surface area (Å²) in [6.07, 6.45) is 1.74. The summed E-state index contributed by atoms with van der Waals surface area (Å²) in [5, 5.41) is 3.71. The molecule has 0 saturated carbocycles. The van der Waals surface area contributed by atoms with Gasteiger partial charge >= 0.3 is 0 Å². The number of hydrogen-bond acceptors (Lipinski definition) is 3. The number of anilines is 1. The van der Waals surface area contributed by atoms with Gasteiger partial charge in [-0.05, 0) is 24.3 Å². The van der Waals surface area contributed by atoms with Gasteiger partial charge in [-0.3, -0.25) is 9.78 Å². The predicted molar refractivity (Wildman–Crippen MR) is 86.9 cm³/mol. The Morgan fingerprint density at radius 3 is 2.78 bits per heavy atom. The molecule has 0 spiro atoms. The molecule has 0 unspecified atom stereocenters. The third-order valence-corrected chi connectivity index (χ3v) is 3.30. The number of amides is 1. The summed E-state index contributed by atoms with van der Waals surface area (Å²) in [4.78, 5) is 16.2. The normalized spacial score (nSPS) is 10.5. The molecule has 0 aliphatic heterocycles. The number of nitrogens with zero attached hydrogens (tertiary/aromatic N) is 1. The summed E-state index contributed by atoms with van der Waals surface area (Å²) >= 11 is 0. The fraction of sp³-hybridized carbons (Fsp3) is 0.111. The Kier molecular flexibility index (Phi) is 4.47. The van der Waals surface area contributed by atoms with E-state index in [1.54, 1.807) is 18.3 Å². The Morgan fingerprint density at radius 1 is 1.13 bits per heavy atom. The first-order valence-corrected chi connectivity index (χ1v) is 7.24. The Morgan fingerprint density at radius 2 is 1.91 bits per heavy atom. The van der Waals surface area contributed by atoms with E-state index in [0.717, 1.165) is 10.9 Å². The van der Waals surface area contributed by atoms with Gasteiger partial charge in [0.1, 0.15) is 0 Å². The van der Waals surface area contributed by atoms with Gasteiger partial charge in [-0.25, -0.2) is 4.39 Å². The van der Waals surface area contributed by atoms with E-state index in [1.807, 2.05) is 30.3 Å². The van der Waals surface area contributed by atoms with Gasteiger partial charge in [-0.15, -0.1) is 0 Å². The van der Waals surface area contributed by atoms with E-state index in [4.69, 9.17) is 4.74 Å². The van der Waals surface area contributed by atoms with Crippen molar-refractivity contribution in [2.45, 2.75) is 6.42 Å². The number of carbonyl (C=O) groups excluding carboxylic acids is 1. The molecule has 1 N–H and O–H groups in total. The molecule has 1 amide bonds. The average Bonchev–Trinajstić information content (AvgIpc) is 2.56. The third kappa shape index (κ3) is 3.83. The number of carbonyl (C=O) groups is 1. The SMILES string of the molecule is O=C(CCOc1ccccc1F)Nc1cnc2ccccc2c1. The van der Waals surface area contributed by atoms with E-state index in [-0.39, 0.29) is 24.7 Å². The zero-order valence-electron chi connectivity index (χ0n) is 12.3. The van der Waals surface area contributed by atoms with Gasteiger partial charge in [-0.1, -0.05) is 30.3 Å². The molecule has 2 aromatic carbocycles. The maximum atomic E-state index is 13.4. The van der Waals surface area contributed by atoms with Crippen LogP contribution in [0.15, 0.2) is 60.8 Å². The Labute approximate surface area is 132 Å². The molecule has 0 aliphatic carbocycles. The first-order valence-electron chi connectivity index (χ1n) is 7.24. The van der Waals surface area contributed by atoms with Crippen LogP contribution in [0, 0.1) is 5.82 Å². The third-order valence-electron chi connectivity index (χ3n) is 3.30. The van der Waals surface area contributed by atoms with Crippen LogP contribution in [0.4, 0.5) is 10.1 Å². The van der Waals surface area contributed by atoms with Crippen molar-refractivity contribution in [3.63, 3.8) is 0 Å². The van der Waals surface area contributed by atoms with Crippen molar-refractivity contribution in [3.8, 4) is 5.75 Å². The molecule has 5 heteroatoms. The first-order chi connectivity index (χ1) is 11.2. The predicted octanol–water partition coefficient (Wildman–Crippen LogP) is 3.78. The number of nitrogens with one attached hydrogen (secondary N) is 1. The Bertz CT molecular complexity index is 836. The zero-order chi connectivity index (χ0) is 16.1. The minimum absolute atomic E-state index is 0.105. The number of benzene rings is 2. The number of pyridine rings is 1. The van der Waals surface area contributed by atoms with E-state index >= 15 is 0 Å². The van der Waals surface area contributed by atoms with Crippen molar-refractivity contribution in [3.05, 3.63) is 66.6 Å². The number of fused-ring (bicyclic) bond motifs is 1. The topological polar surface area (TPSA) is 51.2 Å². The minimum Gasteiger partial charge on any atom is -0.490 e. The van der Waals surface area contributed by atoms with Crippen molar-refractivity contribution in [2.75, 3.05) is 11.9 Å². The van der Waals surface area contributed by atoms with Crippen LogP contribution in [-0.2, 0) is 4.79 Å². The van der Waals surface area contributed by atoms with Crippen LogP contribution < -0.4 is 10.1 Å². The van der Waals surface area contributed by atoms with Crippen molar-refractivity contribution >= 4 is 22.5 Å². The molecule has 23 heavy (non-hydrogen) atoms. The highest BCUT2D eigenvalue weighted by Crippen LogP contribution is 2.17. The molecule has 3 rings (SSSR count). The summed E-state index contributed by atoms with van der Waals surface area (Å²) in [6, 6.07) is 15.6. The lowest BCUT2D eigenvalue weighted by Crippen LogP contribution is -2.15. The molecule has 0 fully saturated rings. The lowest BCUT2D eigenvalue weighted by atomic mass is 10.2. The van der Waals surface area contributed by atoms with Gasteiger partial charge in [-0.2, -0.15) is 0 Å². The van der Waals surface area contributed by atoms with E-state index in [2.05, 4.69) is 10.3 Å². The van der Waals surface area contributed by atoms with Crippen molar-refractivity contribution in [2.24, 2.45) is 0 Å². The van der Waals surface area contributed by atoms with E-state index in [0.29, 0.717) is 5.69 Å². The number of hydrogen-bond donors (Lipinski definition) is 1. The van der Waals surface area contributed by atoms with Gasteiger partial charge in [0.25, 0.3) is 0 Å². The number of para-hydroxylation sites is 2. The van der Waals surface area contributed by atoms with Crippen molar-refractivity contribution in [1.82, 2.24) is 4.98 Å². The Hall–Kier alpha value is -2.95. The van der Waals surface area contributed by atoms with E-state index < -0.39 is 5.82 Å². The van der Waals surface area contributed by atoms with Crippen LogP contribution in [0.5, 0.6) is 5.75 Å². The number of halogens is 1. The van der Waals surface area contributed by atoms with Crippen molar-refractivity contribution in [1.29, 1.82) is 0 Å². The molecule has 0 atom stereocenters. The zero-order valence-corrected chi connectivity index (χ0v) is 12.3. The monoisotopic (exact) mass is 310 g/mol. The number of ether oxygens (including phenoxy) is 1.